The largest absolute Gasteiger partial charge is 0.308 e. The van der Waals surface area contributed by atoms with Gasteiger partial charge in [-0.3, -0.25) is 0 Å². The third-order valence-corrected chi connectivity index (χ3v) is 35.2. The first-order valence-electron chi connectivity index (χ1n) is 51.6. The number of para-hydroxylation sites is 3. The highest BCUT2D eigenvalue weighted by Crippen LogP contribution is 2.58. The molecule has 0 amide bonds. The van der Waals surface area contributed by atoms with Crippen LogP contribution in [0.2, 0.25) is 0 Å². The van der Waals surface area contributed by atoms with Crippen molar-refractivity contribution in [2.75, 3.05) is 0 Å². The molecule has 0 aliphatic heterocycles. The van der Waals surface area contributed by atoms with Gasteiger partial charge in [-0.25, -0.2) is 0 Å². The summed E-state index contributed by atoms with van der Waals surface area (Å²) in [5.74, 6) is 0. The van der Waals surface area contributed by atoms with E-state index < -0.39 is 0 Å². The highest BCUT2D eigenvalue weighted by Gasteiger charge is 2.31. The summed E-state index contributed by atoms with van der Waals surface area (Å²) in [7, 11) is 0. The second kappa shape index (κ2) is 34.5. The molecular weight excluding hydrogens is 1870 g/mol. The Bertz CT molecular complexity index is 11400. The van der Waals surface area contributed by atoms with Gasteiger partial charge in [-0.15, -0.1) is 34.0 Å². The molecule has 696 valence electrons. The zero-order chi connectivity index (χ0) is 98.3. The van der Waals surface area contributed by atoms with Crippen LogP contribution in [0.4, 0.5) is 0 Å². The molecule has 6 aromatic heterocycles. The molecule has 33 rings (SSSR count). The van der Waals surface area contributed by atoms with Crippen molar-refractivity contribution in [3.63, 3.8) is 0 Å². The number of hydrogen-bond donors (Lipinski definition) is 0. The first-order chi connectivity index (χ1) is 74.5. The molecule has 0 bridgehead atoms. The maximum atomic E-state index is 2.54. The SMILES string of the molecule is c1ccc(-c2ccc(-c3cccc(-n4c5ccccc5c5c6c7ccccc7c7ccccc7c6c6c7ccccc7sc6c54)c3)cc2)cc1.c1ccc(-c2cccc(-c3ccc(-n4c5ccccc5c5c6c7ccccc7c7ccccc7c6c6c7ccccc7sc6c54)cc3)c2)cc1.c1ccc(-c2cccc(-c3cccc(-n4c5ccccc5c5c6c7ccccc7c7ccccc7c6c6c7ccccc7sc6c54)c3)c2)cc1. The van der Waals surface area contributed by atoms with Gasteiger partial charge in [0, 0.05) is 128 Å². The minimum Gasteiger partial charge on any atom is -0.308 e. The summed E-state index contributed by atoms with van der Waals surface area (Å²) in [6.45, 7) is 0. The van der Waals surface area contributed by atoms with Crippen LogP contribution in [0.5, 0.6) is 0 Å². The third kappa shape index (κ3) is 13.2. The van der Waals surface area contributed by atoms with E-state index in [9.17, 15) is 0 Å². The summed E-state index contributed by atoms with van der Waals surface area (Å²) in [5.41, 5.74) is 25.7. The van der Waals surface area contributed by atoms with E-state index in [1.807, 2.05) is 34.0 Å². The van der Waals surface area contributed by atoms with Gasteiger partial charge in [0.15, 0.2) is 0 Å². The van der Waals surface area contributed by atoms with Crippen molar-refractivity contribution < 1.29 is 0 Å². The molecule has 0 spiro atoms. The van der Waals surface area contributed by atoms with Gasteiger partial charge in [0.25, 0.3) is 0 Å². The fourth-order valence-corrected chi connectivity index (χ4v) is 29.0. The van der Waals surface area contributed by atoms with Gasteiger partial charge in [-0.2, -0.15) is 0 Å². The second-order valence-corrected chi connectivity index (χ2v) is 42.8. The Morgan fingerprint density at radius 2 is 0.307 bits per heavy atom. The van der Waals surface area contributed by atoms with Crippen LogP contribution in [-0.2, 0) is 0 Å². The van der Waals surface area contributed by atoms with E-state index in [4.69, 9.17) is 0 Å². The summed E-state index contributed by atoms with van der Waals surface area (Å²) in [6, 6.07) is 194. The van der Waals surface area contributed by atoms with Crippen molar-refractivity contribution in [3.8, 4) is 83.8 Å². The Labute approximate surface area is 875 Å². The van der Waals surface area contributed by atoms with E-state index in [1.54, 1.807) is 0 Å². The Balaban J connectivity index is 0.000000101. The van der Waals surface area contributed by atoms with Crippen LogP contribution in [0.15, 0.2) is 528 Å². The molecule has 0 atom stereocenters. The number of nitrogens with zero attached hydrogens (tertiary/aromatic N) is 3. The maximum absolute atomic E-state index is 2.54. The summed E-state index contributed by atoms with van der Waals surface area (Å²) in [4.78, 5) is 0. The van der Waals surface area contributed by atoms with Crippen LogP contribution in [0.25, 0.3) is 307 Å². The fourth-order valence-electron chi connectivity index (χ4n) is 25.2. The number of hydrogen-bond acceptors (Lipinski definition) is 3. The molecule has 0 saturated heterocycles. The average Bonchev–Trinajstić information content (AvgIpc) is 1.51. The second-order valence-electron chi connectivity index (χ2n) is 39.6. The zero-order valence-corrected chi connectivity index (χ0v) is 83.7. The Kier molecular flexibility index (Phi) is 19.7. The Morgan fingerprint density at radius 1 is 0.113 bits per heavy atom. The van der Waals surface area contributed by atoms with Crippen LogP contribution in [-0.4, -0.2) is 13.7 Å². The molecule has 0 fully saturated rings. The molecule has 0 radical (unpaired) electrons. The van der Waals surface area contributed by atoms with Gasteiger partial charge in [-0.05, 0) is 216 Å². The molecule has 3 nitrogen and oxygen atoms in total. The third-order valence-electron chi connectivity index (χ3n) is 31.6. The normalized spacial score (nSPS) is 12.0. The van der Waals surface area contributed by atoms with Crippen molar-refractivity contribution in [1.82, 2.24) is 13.7 Å². The molecule has 33 aromatic rings. The van der Waals surface area contributed by atoms with Crippen molar-refractivity contribution in [1.29, 1.82) is 0 Å². The summed E-state index contributed by atoms with van der Waals surface area (Å²) < 4.78 is 15.6. The van der Waals surface area contributed by atoms with Gasteiger partial charge in [0.2, 0.25) is 0 Å². The molecule has 6 heterocycles. The predicted molar refractivity (Wildman–Crippen MR) is 651 cm³/mol. The fraction of sp³-hybridized carbons (Fsp3) is 0. The van der Waals surface area contributed by atoms with Crippen molar-refractivity contribution in [2.45, 2.75) is 0 Å². The highest BCUT2D eigenvalue weighted by atomic mass is 32.1. The quantitative estimate of drug-likeness (QED) is 0.128. The molecule has 6 heteroatoms. The van der Waals surface area contributed by atoms with Gasteiger partial charge >= 0.3 is 0 Å². The molecule has 150 heavy (non-hydrogen) atoms. The number of rotatable bonds is 9. The number of fused-ring (bicyclic) bond motifs is 45. The first-order valence-corrected chi connectivity index (χ1v) is 54.0. The van der Waals surface area contributed by atoms with E-state index in [-0.39, 0.29) is 0 Å². The maximum Gasteiger partial charge on any atom is 0.0726 e. The smallest absolute Gasteiger partial charge is 0.0726 e. The van der Waals surface area contributed by atoms with Crippen LogP contribution >= 0.6 is 34.0 Å². The molecular formula is C144H87N3S3. The minimum absolute atomic E-state index is 1.17. The van der Waals surface area contributed by atoms with Crippen LogP contribution in [0, 0.1) is 0 Å². The van der Waals surface area contributed by atoms with Crippen LogP contribution < -0.4 is 0 Å². The Morgan fingerprint density at radius 3 is 0.613 bits per heavy atom. The van der Waals surface area contributed by atoms with E-state index in [0.29, 0.717) is 0 Å². The lowest BCUT2D eigenvalue weighted by Gasteiger charge is -2.15. The number of thiophene rings is 3. The average molecular weight is 1960 g/mol. The summed E-state index contributed by atoms with van der Waals surface area (Å²) >= 11 is 5.77. The van der Waals surface area contributed by atoms with Gasteiger partial charge in [-0.1, -0.05) is 443 Å². The molecule has 0 unspecified atom stereocenters. The topological polar surface area (TPSA) is 14.8 Å². The molecule has 0 aliphatic rings. The summed E-state index contributed by atoms with van der Waals surface area (Å²) in [5, 5.41) is 39.6. The lowest BCUT2D eigenvalue weighted by molar-refractivity contribution is 1.19. The zero-order valence-electron chi connectivity index (χ0n) is 81.3. The van der Waals surface area contributed by atoms with E-state index in [1.165, 1.54) is 307 Å². The monoisotopic (exact) mass is 1950 g/mol. The number of benzene rings is 27. The van der Waals surface area contributed by atoms with Gasteiger partial charge in [0.05, 0.1) is 47.2 Å². The van der Waals surface area contributed by atoms with Crippen LogP contribution in [0.1, 0.15) is 0 Å². The van der Waals surface area contributed by atoms with E-state index in [2.05, 4.69) is 541 Å². The van der Waals surface area contributed by atoms with Gasteiger partial charge in [0.1, 0.15) is 0 Å². The molecule has 27 aromatic carbocycles. The first kappa shape index (κ1) is 85.7. The van der Waals surface area contributed by atoms with Crippen molar-refractivity contribution >= 4 is 257 Å². The predicted octanol–water partition coefficient (Wildman–Crippen LogP) is 41.8. The van der Waals surface area contributed by atoms with Gasteiger partial charge < -0.3 is 13.7 Å². The minimum atomic E-state index is 1.17. The molecule has 0 N–H and O–H groups in total. The highest BCUT2D eigenvalue weighted by molar-refractivity contribution is 7.28. The molecule has 0 saturated carbocycles. The lowest BCUT2D eigenvalue weighted by Crippen LogP contribution is -1.95. The standard InChI is InChI=1S/3C48H29NS/c1-2-14-30(15-3-1)31-16-12-17-32(28-31)33-18-13-19-34(29-33)49-41-26-10-8-24-39(41)45-43-37-22-6-4-20-35(37)36-21-5-7-23-38(36)44(43)46-40-25-9-11-27-42(40)50-48(46)47(45)49;1-2-13-30(14-3-1)32-15-12-16-33(29-32)31-25-27-34(28-26-31)49-41-23-10-8-21-39(41)45-43-37-19-6-4-17-35(37)36-18-5-7-20-38(36)44(43)46-40-22-9-11-24-42(40)50-48(46)47(45)49;1-2-13-30(14-3-1)31-25-27-32(28-26-31)33-15-12-16-34(29-33)49-41-23-10-8-21-39(41)45-43-37-19-6-4-17-35(37)36-18-5-7-20-38(36)44(43)46-40-22-9-11-24-42(40)50-48(46)47(45)49/h3*1-29H. The summed E-state index contributed by atoms with van der Waals surface area (Å²) in [6.07, 6.45) is 0. The number of aromatic nitrogens is 3. The molecule has 0 aliphatic carbocycles. The van der Waals surface area contributed by atoms with E-state index >= 15 is 0 Å². The Hall–Kier alpha value is -18.7. The van der Waals surface area contributed by atoms with Crippen molar-refractivity contribution in [3.05, 3.63) is 528 Å². The van der Waals surface area contributed by atoms with Crippen molar-refractivity contribution in [2.24, 2.45) is 0 Å². The van der Waals surface area contributed by atoms with E-state index in [0.717, 1.165) is 0 Å². The van der Waals surface area contributed by atoms with Crippen LogP contribution in [0.3, 0.4) is 0 Å². The lowest BCUT2D eigenvalue weighted by atomic mass is 9.89.